The van der Waals surface area contributed by atoms with Crippen molar-refractivity contribution in [1.29, 1.82) is 0 Å². The lowest BCUT2D eigenvalue weighted by molar-refractivity contribution is 0.147. The molecule has 0 aliphatic carbocycles. The van der Waals surface area contributed by atoms with Crippen LogP contribution in [0.5, 0.6) is 17.2 Å². The minimum atomic E-state index is 0.469. The summed E-state index contributed by atoms with van der Waals surface area (Å²) in [6, 6.07) is 14.0. The highest BCUT2D eigenvalue weighted by Gasteiger charge is 2.16. The third-order valence-corrected chi connectivity index (χ3v) is 4.20. The molecule has 0 bridgehead atoms. The molecule has 0 saturated heterocycles. The van der Waals surface area contributed by atoms with Crippen LogP contribution in [0.2, 0.25) is 0 Å². The van der Waals surface area contributed by atoms with Crippen LogP contribution in [0.1, 0.15) is 0 Å². The van der Waals surface area contributed by atoms with Gasteiger partial charge >= 0.3 is 0 Å². The van der Waals surface area contributed by atoms with Gasteiger partial charge in [0.2, 0.25) is 0 Å². The van der Waals surface area contributed by atoms with Gasteiger partial charge < -0.3 is 23.7 Å². The number of hydrogen-bond acceptors (Lipinski definition) is 5. The molecular formula is C21H24O5. The van der Waals surface area contributed by atoms with E-state index < -0.39 is 0 Å². The number of methoxy groups -OCH3 is 3. The predicted octanol–water partition coefficient (Wildman–Crippen LogP) is 4.05. The molecule has 0 aliphatic rings. The third kappa shape index (κ3) is 3.69. The maximum atomic E-state index is 6.09. The molecule has 0 amide bonds. The molecule has 3 aromatic carbocycles. The number of ether oxygens (including phenoxy) is 5. The second-order valence-electron chi connectivity index (χ2n) is 5.80. The van der Waals surface area contributed by atoms with E-state index >= 15 is 0 Å². The summed E-state index contributed by atoms with van der Waals surface area (Å²) in [5.74, 6) is 2.41. The van der Waals surface area contributed by atoms with Gasteiger partial charge in [0.1, 0.15) is 30.5 Å². The van der Waals surface area contributed by atoms with Gasteiger partial charge in [0.15, 0.2) is 0 Å². The summed E-state index contributed by atoms with van der Waals surface area (Å²) in [6.45, 7) is 1.99. The lowest BCUT2D eigenvalue weighted by Crippen LogP contribution is -2.07. The van der Waals surface area contributed by atoms with E-state index in [1.165, 1.54) is 0 Å². The Morgan fingerprint density at radius 3 is 1.69 bits per heavy atom. The lowest BCUT2D eigenvalue weighted by atomic mass is 10.00. The summed E-state index contributed by atoms with van der Waals surface area (Å²) >= 11 is 0. The topological polar surface area (TPSA) is 46.2 Å². The van der Waals surface area contributed by atoms with Crippen molar-refractivity contribution < 1.29 is 23.7 Å². The van der Waals surface area contributed by atoms with E-state index in [0.29, 0.717) is 26.4 Å². The second kappa shape index (κ2) is 8.74. The van der Waals surface area contributed by atoms with Crippen LogP contribution >= 0.6 is 0 Å². The fourth-order valence-corrected chi connectivity index (χ4v) is 2.97. The van der Waals surface area contributed by atoms with Crippen molar-refractivity contribution >= 4 is 21.5 Å². The van der Waals surface area contributed by atoms with Crippen LogP contribution in [-0.2, 0) is 9.47 Å². The second-order valence-corrected chi connectivity index (χ2v) is 5.80. The molecule has 3 rings (SSSR count). The van der Waals surface area contributed by atoms with E-state index in [1.807, 2.05) is 42.5 Å². The van der Waals surface area contributed by atoms with Crippen molar-refractivity contribution in [3.05, 3.63) is 42.5 Å². The van der Waals surface area contributed by atoms with Crippen LogP contribution < -0.4 is 14.2 Å². The molecule has 0 N–H and O–H groups in total. The summed E-state index contributed by atoms with van der Waals surface area (Å²) in [7, 11) is 4.98. The molecule has 5 nitrogen and oxygen atoms in total. The maximum Gasteiger partial charge on any atom is 0.135 e. The van der Waals surface area contributed by atoms with Gasteiger partial charge in [-0.25, -0.2) is 0 Å². The largest absolute Gasteiger partial charge is 0.497 e. The molecule has 0 heterocycles. The zero-order valence-corrected chi connectivity index (χ0v) is 15.4. The average molecular weight is 356 g/mol. The van der Waals surface area contributed by atoms with Crippen LogP contribution in [0.4, 0.5) is 0 Å². The maximum absolute atomic E-state index is 6.09. The quantitative estimate of drug-likeness (QED) is 0.427. The van der Waals surface area contributed by atoms with Crippen molar-refractivity contribution in [3.8, 4) is 17.2 Å². The molecule has 0 aliphatic heterocycles. The van der Waals surface area contributed by atoms with E-state index in [9.17, 15) is 0 Å². The third-order valence-electron chi connectivity index (χ3n) is 4.20. The molecule has 3 aromatic rings. The Kier molecular flexibility index (Phi) is 6.15. The summed E-state index contributed by atoms with van der Waals surface area (Å²) < 4.78 is 27.8. The molecular weight excluding hydrogens is 332 g/mol. The highest BCUT2D eigenvalue weighted by Crippen LogP contribution is 2.43. The summed E-state index contributed by atoms with van der Waals surface area (Å²) in [5, 5.41) is 3.94. The molecule has 5 heteroatoms. The molecule has 0 spiro atoms. The van der Waals surface area contributed by atoms with Crippen molar-refractivity contribution in [2.75, 3.05) is 47.8 Å². The Balaban J connectivity index is 2.22. The van der Waals surface area contributed by atoms with Crippen LogP contribution in [0.15, 0.2) is 42.5 Å². The minimum absolute atomic E-state index is 0.469. The molecule has 0 fully saturated rings. The Morgan fingerprint density at radius 2 is 1.15 bits per heavy atom. The van der Waals surface area contributed by atoms with Crippen LogP contribution in [-0.4, -0.2) is 47.8 Å². The lowest BCUT2D eigenvalue weighted by Gasteiger charge is -2.18. The smallest absolute Gasteiger partial charge is 0.135 e. The van der Waals surface area contributed by atoms with Gasteiger partial charge in [0.05, 0.1) is 20.3 Å². The number of hydrogen-bond donors (Lipinski definition) is 0. The summed E-state index contributed by atoms with van der Waals surface area (Å²) in [6.07, 6.45) is 0. The predicted molar refractivity (Wildman–Crippen MR) is 103 cm³/mol. The highest BCUT2D eigenvalue weighted by atomic mass is 16.5. The molecule has 0 unspecified atom stereocenters. The van der Waals surface area contributed by atoms with E-state index in [-0.39, 0.29) is 0 Å². The van der Waals surface area contributed by atoms with Crippen molar-refractivity contribution in [3.63, 3.8) is 0 Å². The molecule has 26 heavy (non-hydrogen) atoms. The molecule has 0 atom stereocenters. The Morgan fingerprint density at radius 1 is 0.615 bits per heavy atom. The summed E-state index contributed by atoms with van der Waals surface area (Å²) in [5.41, 5.74) is 0. The normalized spacial score (nSPS) is 11.0. The van der Waals surface area contributed by atoms with Gasteiger partial charge in [-0.2, -0.15) is 0 Å². The molecule has 0 radical (unpaired) electrons. The Hall–Kier alpha value is -2.50. The van der Waals surface area contributed by atoms with Crippen molar-refractivity contribution in [2.24, 2.45) is 0 Å². The van der Waals surface area contributed by atoms with E-state index in [1.54, 1.807) is 21.3 Å². The minimum Gasteiger partial charge on any atom is -0.497 e. The first-order valence-electron chi connectivity index (χ1n) is 8.56. The van der Waals surface area contributed by atoms with Crippen LogP contribution in [0.3, 0.4) is 0 Å². The SMILES string of the molecule is COCCOc1c2ccccc2c(OCCOC)c2cc(OC)ccc12. The van der Waals surface area contributed by atoms with Gasteiger partial charge in [-0.15, -0.1) is 0 Å². The number of benzene rings is 3. The number of fused-ring (bicyclic) bond motifs is 2. The highest BCUT2D eigenvalue weighted by molar-refractivity contribution is 6.11. The Labute approximate surface area is 153 Å². The zero-order chi connectivity index (χ0) is 18.4. The van der Waals surface area contributed by atoms with Gasteiger partial charge in [0.25, 0.3) is 0 Å². The standard InChI is InChI=1S/C21H24O5/c1-22-10-12-25-20-16-6-4-5-7-17(16)21(26-13-11-23-2)19-14-15(24-3)8-9-18(19)20/h4-9,14H,10-13H2,1-3H3. The fraction of sp³-hybridized carbons (Fsp3) is 0.333. The monoisotopic (exact) mass is 356 g/mol. The Bertz CT molecular complexity index is 875. The molecule has 138 valence electrons. The van der Waals surface area contributed by atoms with Crippen molar-refractivity contribution in [1.82, 2.24) is 0 Å². The van der Waals surface area contributed by atoms with Crippen LogP contribution in [0.25, 0.3) is 21.5 Å². The van der Waals surface area contributed by atoms with Gasteiger partial charge in [-0.1, -0.05) is 24.3 Å². The molecule has 0 aromatic heterocycles. The van der Waals surface area contributed by atoms with E-state index in [2.05, 4.69) is 0 Å². The average Bonchev–Trinajstić information content (AvgIpc) is 2.69. The van der Waals surface area contributed by atoms with Gasteiger partial charge in [-0.05, 0) is 18.2 Å². The van der Waals surface area contributed by atoms with E-state index in [4.69, 9.17) is 23.7 Å². The van der Waals surface area contributed by atoms with Gasteiger partial charge in [-0.3, -0.25) is 0 Å². The zero-order valence-electron chi connectivity index (χ0n) is 15.4. The summed E-state index contributed by atoms with van der Waals surface area (Å²) in [4.78, 5) is 0. The van der Waals surface area contributed by atoms with Crippen LogP contribution in [0, 0.1) is 0 Å². The first-order chi connectivity index (χ1) is 12.8. The number of rotatable bonds is 9. The van der Waals surface area contributed by atoms with Crippen molar-refractivity contribution in [2.45, 2.75) is 0 Å². The first kappa shape index (κ1) is 18.3. The first-order valence-corrected chi connectivity index (χ1v) is 8.56. The molecule has 0 saturated carbocycles. The van der Waals surface area contributed by atoms with Gasteiger partial charge in [0, 0.05) is 35.8 Å². The fourth-order valence-electron chi connectivity index (χ4n) is 2.97. The van der Waals surface area contributed by atoms with E-state index in [0.717, 1.165) is 38.8 Å².